The molecule has 0 aliphatic rings. The summed E-state index contributed by atoms with van der Waals surface area (Å²) < 4.78 is 26.9. The van der Waals surface area contributed by atoms with Crippen LogP contribution in [0.4, 0.5) is 8.78 Å². The van der Waals surface area contributed by atoms with Crippen molar-refractivity contribution in [2.24, 2.45) is 5.73 Å². The lowest BCUT2D eigenvalue weighted by Crippen LogP contribution is -2.14. The molecule has 1 heterocycles. The van der Waals surface area contributed by atoms with Crippen LogP contribution in [0.25, 0.3) is 0 Å². The van der Waals surface area contributed by atoms with Gasteiger partial charge in [0, 0.05) is 11.8 Å². The number of hydrogen-bond acceptors (Lipinski definition) is 2. The fourth-order valence-corrected chi connectivity index (χ4v) is 1.62. The Bertz CT molecular complexity index is 541. The molecule has 0 bridgehead atoms. The van der Waals surface area contributed by atoms with Crippen molar-refractivity contribution in [3.8, 4) is 0 Å². The fourth-order valence-electron chi connectivity index (χ4n) is 1.62. The number of aryl methyl sites for hydroxylation is 1. The number of aromatic nitrogens is 1. The van der Waals surface area contributed by atoms with Gasteiger partial charge in [0.05, 0.1) is 12.2 Å². The lowest BCUT2D eigenvalue weighted by Gasteiger charge is -2.13. The highest BCUT2D eigenvalue weighted by Gasteiger charge is 2.14. The normalized spacial score (nSPS) is 12.5. The van der Waals surface area contributed by atoms with E-state index >= 15 is 0 Å². The first-order valence-electron chi connectivity index (χ1n) is 5.20. The van der Waals surface area contributed by atoms with Crippen LogP contribution in [0.3, 0.4) is 0 Å². The maximum Gasteiger partial charge on any atom is 0.146 e. The number of benzene rings is 1. The molecule has 0 spiro atoms. The number of nitrogens with zero attached hydrogens (tertiary/aromatic N) is 1. The van der Waals surface area contributed by atoms with Crippen molar-refractivity contribution in [2.45, 2.75) is 13.0 Å². The largest absolute Gasteiger partial charge is 0.320 e. The second kappa shape index (κ2) is 4.59. The summed E-state index contributed by atoms with van der Waals surface area (Å²) in [6.07, 6.45) is 2.56. The van der Waals surface area contributed by atoms with Gasteiger partial charge in [0.25, 0.3) is 0 Å². The highest BCUT2D eigenvalue weighted by atomic mass is 19.1. The van der Waals surface area contributed by atoms with E-state index in [1.807, 2.05) is 0 Å². The highest BCUT2D eigenvalue weighted by molar-refractivity contribution is 5.33. The summed E-state index contributed by atoms with van der Waals surface area (Å²) in [5, 5.41) is 0. The van der Waals surface area contributed by atoms with Crippen molar-refractivity contribution in [3.05, 3.63) is 65.0 Å². The van der Waals surface area contributed by atoms with Crippen LogP contribution in [0.15, 0.2) is 36.7 Å². The van der Waals surface area contributed by atoms with Crippen LogP contribution in [0.5, 0.6) is 0 Å². The van der Waals surface area contributed by atoms with Gasteiger partial charge < -0.3 is 5.73 Å². The first-order chi connectivity index (χ1) is 8.09. The molecule has 1 aromatic carbocycles. The molecule has 1 aromatic heterocycles. The van der Waals surface area contributed by atoms with Gasteiger partial charge in [-0.05, 0) is 30.2 Å². The van der Waals surface area contributed by atoms with E-state index in [0.29, 0.717) is 16.7 Å². The monoisotopic (exact) mass is 234 g/mol. The summed E-state index contributed by atoms with van der Waals surface area (Å²) in [4.78, 5) is 3.65. The second-order valence-electron chi connectivity index (χ2n) is 3.88. The smallest absolute Gasteiger partial charge is 0.146 e. The number of pyridine rings is 1. The Morgan fingerprint density at radius 3 is 2.59 bits per heavy atom. The summed E-state index contributed by atoms with van der Waals surface area (Å²) in [7, 11) is 0. The Labute approximate surface area is 98.1 Å². The zero-order chi connectivity index (χ0) is 12.4. The van der Waals surface area contributed by atoms with Crippen molar-refractivity contribution in [2.75, 3.05) is 0 Å². The number of halogens is 2. The van der Waals surface area contributed by atoms with Crippen molar-refractivity contribution >= 4 is 0 Å². The van der Waals surface area contributed by atoms with Gasteiger partial charge in [0.1, 0.15) is 11.6 Å². The highest BCUT2D eigenvalue weighted by Crippen LogP contribution is 2.22. The molecule has 4 heteroatoms. The van der Waals surface area contributed by atoms with Gasteiger partial charge in [0.15, 0.2) is 0 Å². The SMILES string of the molecule is Cc1ccc(C(N)c2ccncc2F)cc1F. The predicted octanol–water partition coefficient (Wildman–Crippen LogP) is 2.72. The summed E-state index contributed by atoms with van der Waals surface area (Å²) in [5.41, 5.74) is 7.29. The Morgan fingerprint density at radius 1 is 1.18 bits per heavy atom. The third-order valence-corrected chi connectivity index (χ3v) is 2.69. The van der Waals surface area contributed by atoms with Gasteiger partial charge >= 0.3 is 0 Å². The van der Waals surface area contributed by atoms with Crippen LogP contribution in [-0.2, 0) is 0 Å². The zero-order valence-electron chi connectivity index (χ0n) is 9.32. The Balaban J connectivity index is 2.40. The van der Waals surface area contributed by atoms with Gasteiger partial charge in [-0.1, -0.05) is 12.1 Å². The molecule has 0 radical (unpaired) electrons. The number of hydrogen-bond donors (Lipinski definition) is 1. The summed E-state index contributed by atoms with van der Waals surface area (Å²) >= 11 is 0. The third-order valence-electron chi connectivity index (χ3n) is 2.69. The van der Waals surface area contributed by atoms with E-state index < -0.39 is 11.9 Å². The minimum absolute atomic E-state index is 0.309. The molecule has 2 N–H and O–H groups in total. The van der Waals surface area contributed by atoms with E-state index in [2.05, 4.69) is 4.98 Å². The second-order valence-corrected chi connectivity index (χ2v) is 3.88. The molecule has 88 valence electrons. The van der Waals surface area contributed by atoms with Crippen molar-refractivity contribution in [1.82, 2.24) is 4.98 Å². The topological polar surface area (TPSA) is 38.9 Å². The fraction of sp³-hybridized carbons (Fsp3) is 0.154. The van der Waals surface area contributed by atoms with Crippen molar-refractivity contribution in [3.63, 3.8) is 0 Å². The molecule has 17 heavy (non-hydrogen) atoms. The van der Waals surface area contributed by atoms with Crippen LogP contribution in [0, 0.1) is 18.6 Å². The molecule has 0 saturated carbocycles. The lowest BCUT2D eigenvalue weighted by molar-refractivity contribution is 0.589. The average molecular weight is 234 g/mol. The van der Waals surface area contributed by atoms with E-state index in [1.165, 1.54) is 18.3 Å². The Morgan fingerprint density at radius 2 is 1.94 bits per heavy atom. The van der Waals surface area contributed by atoms with Crippen LogP contribution in [-0.4, -0.2) is 4.98 Å². The van der Waals surface area contributed by atoms with E-state index in [0.717, 1.165) is 6.20 Å². The molecule has 0 fully saturated rings. The molecule has 0 amide bonds. The van der Waals surface area contributed by atoms with Crippen molar-refractivity contribution in [1.29, 1.82) is 0 Å². The molecule has 0 aliphatic carbocycles. The maximum absolute atomic E-state index is 13.5. The lowest BCUT2D eigenvalue weighted by atomic mass is 9.99. The molecular weight excluding hydrogens is 222 g/mol. The molecule has 1 unspecified atom stereocenters. The van der Waals surface area contributed by atoms with Gasteiger partial charge in [-0.25, -0.2) is 8.78 Å². The van der Waals surface area contributed by atoms with Crippen LogP contribution in [0.1, 0.15) is 22.7 Å². The van der Waals surface area contributed by atoms with E-state index in [4.69, 9.17) is 5.73 Å². The van der Waals surface area contributed by atoms with E-state index in [-0.39, 0.29) is 5.82 Å². The minimum atomic E-state index is -0.687. The first-order valence-corrected chi connectivity index (χ1v) is 5.20. The molecule has 2 rings (SSSR count). The Hall–Kier alpha value is -1.81. The third kappa shape index (κ3) is 2.31. The zero-order valence-corrected chi connectivity index (χ0v) is 9.32. The van der Waals surface area contributed by atoms with E-state index in [1.54, 1.807) is 19.1 Å². The van der Waals surface area contributed by atoms with Gasteiger partial charge in [-0.15, -0.1) is 0 Å². The van der Waals surface area contributed by atoms with Crippen LogP contribution < -0.4 is 5.73 Å². The van der Waals surface area contributed by atoms with Gasteiger partial charge in [-0.3, -0.25) is 4.98 Å². The molecular formula is C13H12F2N2. The molecule has 0 saturated heterocycles. The quantitative estimate of drug-likeness (QED) is 0.867. The van der Waals surface area contributed by atoms with Crippen LogP contribution >= 0.6 is 0 Å². The first kappa shape index (κ1) is 11.7. The molecule has 0 aliphatic heterocycles. The summed E-state index contributed by atoms with van der Waals surface area (Å²) in [5.74, 6) is -0.826. The summed E-state index contributed by atoms with van der Waals surface area (Å²) in [6, 6.07) is 5.47. The Kier molecular flexibility index (Phi) is 3.15. The minimum Gasteiger partial charge on any atom is -0.320 e. The molecule has 2 nitrogen and oxygen atoms in total. The average Bonchev–Trinajstić information content (AvgIpc) is 2.32. The number of nitrogens with two attached hydrogens (primary N) is 1. The predicted molar refractivity (Wildman–Crippen MR) is 61.4 cm³/mol. The maximum atomic E-state index is 13.5. The number of rotatable bonds is 2. The van der Waals surface area contributed by atoms with Crippen molar-refractivity contribution < 1.29 is 8.78 Å². The standard InChI is InChI=1S/C13H12F2N2/c1-8-2-3-9(6-11(8)14)13(16)10-4-5-17-7-12(10)15/h2-7,13H,16H2,1H3. The molecule has 2 aromatic rings. The summed E-state index contributed by atoms with van der Waals surface area (Å²) in [6.45, 7) is 1.66. The van der Waals surface area contributed by atoms with E-state index in [9.17, 15) is 8.78 Å². The molecule has 1 atom stereocenters. The van der Waals surface area contributed by atoms with Gasteiger partial charge in [0.2, 0.25) is 0 Å². The van der Waals surface area contributed by atoms with Gasteiger partial charge in [-0.2, -0.15) is 0 Å². The van der Waals surface area contributed by atoms with Crippen LogP contribution in [0.2, 0.25) is 0 Å².